The van der Waals surface area contributed by atoms with Gasteiger partial charge in [0, 0.05) is 0 Å². The molecule has 0 unspecified atom stereocenters. The van der Waals surface area contributed by atoms with Gasteiger partial charge in [-0.25, -0.2) is 0 Å². The predicted octanol–water partition coefficient (Wildman–Crippen LogP) is 1.83. The molecule has 1 aromatic rings. The zero-order chi connectivity index (χ0) is 17.9. The van der Waals surface area contributed by atoms with Crippen molar-refractivity contribution in [2.75, 3.05) is 27.9 Å². The molecule has 1 aliphatic rings. The molecule has 128 valence electrons. The number of ether oxygens (including phenoxy) is 3. The molecule has 24 heavy (non-hydrogen) atoms. The summed E-state index contributed by atoms with van der Waals surface area (Å²) in [5, 5.41) is 8.13. The molecular weight excluding hydrogens is 338 g/mol. The van der Waals surface area contributed by atoms with Gasteiger partial charge in [-0.2, -0.15) is 0 Å². The Morgan fingerprint density at radius 2 is 1.75 bits per heavy atom. The lowest BCUT2D eigenvalue weighted by Gasteiger charge is -2.13. The number of thioether (sulfide) groups is 1. The third-order valence-corrected chi connectivity index (χ3v) is 4.06. The Labute approximate surface area is 142 Å². The molecular formula is C15H15NO7S. The number of hydrogen-bond donors (Lipinski definition) is 1. The van der Waals surface area contributed by atoms with E-state index in [-0.39, 0.29) is 4.91 Å². The number of methoxy groups -OCH3 is 3. The van der Waals surface area contributed by atoms with Crippen LogP contribution in [0.1, 0.15) is 5.56 Å². The van der Waals surface area contributed by atoms with Crippen molar-refractivity contribution in [3.05, 3.63) is 22.6 Å². The number of nitrogens with zero attached hydrogens (tertiary/aromatic N) is 1. The number of carboxylic acids is 1. The van der Waals surface area contributed by atoms with E-state index >= 15 is 0 Å². The maximum absolute atomic E-state index is 12.2. The average Bonchev–Trinajstić information content (AvgIpc) is 2.80. The summed E-state index contributed by atoms with van der Waals surface area (Å²) >= 11 is 0.678. The summed E-state index contributed by atoms with van der Waals surface area (Å²) in [6, 6.07) is 3.24. The number of carbonyl (C=O) groups excluding carboxylic acids is 2. The average molecular weight is 353 g/mol. The number of hydrogen-bond acceptors (Lipinski definition) is 7. The van der Waals surface area contributed by atoms with Crippen molar-refractivity contribution in [2.24, 2.45) is 0 Å². The van der Waals surface area contributed by atoms with Crippen LogP contribution in [0.5, 0.6) is 17.2 Å². The van der Waals surface area contributed by atoms with E-state index in [2.05, 4.69) is 0 Å². The van der Waals surface area contributed by atoms with E-state index in [0.717, 1.165) is 0 Å². The second-order valence-electron chi connectivity index (χ2n) is 4.62. The maximum Gasteiger partial charge on any atom is 0.323 e. The molecule has 0 atom stereocenters. The van der Waals surface area contributed by atoms with Crippen molar-refractivity contribution in [3.63, 3.8) is 0 Å². The minimum absolute atomic E-state index is 0.121. The first-order valence-corrected chi connectivity index (χ1v) is 7.50. The van der Waals surface area contributed by atoms with Gasteiger partial charge < -0.3 is 19.3 Å². The molecule has 0 radical (unpaired) electrons. The molecule has 2 amide bonds. The van der Waals surface area contributed by atoms with Crippen LogP contribution in [0, 0.1) is 0 Å². The lowest BCUT2D eigenvalue weighted by atomic mass is 10.1. The first kappa shape index (κ1) is 17.7. The Morgan fingerprint density at radius 3 is 2.21 bits per heavy atom. The molecule has 1 N–H and O–H groups in total. The highest BCUT2D eigenvalue weighted by atomic mass is 32.2. The van der Waals surface area contributed by atoms with Crippen LogP contribution in [0.15, 0.2) is 17.0 Å². The van der Waals surface area contributed by atoms with Crippen LogP contribution in [0.25, 0.3) is 6.08 Å². The molecule has 1 heterocycles. The van der Waals surface area contributed by atoms with Crippen molar-refractivity contribution >= 4 is 35.0 Å². The highest BCUT2D eigenvalue weighted by Crippen LogP contribution is 2.40. The predicted molar refractivity (Wildman–Crippen MR) is 86.4 cm³/mol. The van der Waals surface area contributed by atoms with Gasteiger partial charge >= 0.3 is 5.97 Å². The van der Waals surface area contributed by atoms with E-state index in [0.29, 0.717) is 39.5 Å². The van der Waals surface area contributed by atoms with E-state index in [9.17, 15) is 14.4 Å². The van der Waals surface area contributed by atoms with E-state index < -0.39 is 23.7 Å². The number of benzene rings is 1. The summed E-state index contributed by atoms with van der Waals surface area (Å²) < 4.78 is 15.7. The minimum Gasteiger partial charge on any atom is -0.493 e. The summed E-state index contributed by atoms with van der Waals surface area (Å²) in [5.74, 6) is -0.718. The fourth-order valence-corrected chi connectivity index (χ4v) is 2.95. The Kier molecular flexibility index (Phi) is 5.35. The SMILES string of the molecule is COc1cc(/C=C2\SC(=O)N(CC(=O)O)C2=O)cc(OC)c1OC. The van der Waals surface area contributed by atoms with E-state index in [4.69, 9.17) is 19.3 Å². The number of carboxylic acid groups (broad SMARTS) is 1. The van der Waals surface area contributed by atoms with Gasteiger partial charge in [0.1, 0.15) is 6.54 Å². The smallest absolute Gasteiger partial charge is 0.323 e. The quantitative estimate of drug-likeness (QED) is 0.773. The Morgan fingerprint density at radius 1 is 1.17 bits per heavy atom. The van der Waals surface area contributed by atoms with E-state index in [1.807, 2.05) is 0 Å². The topological polar surface area (TPSA) is 102 Å². The van der Waals surface area contributed by atoms with Gasteiger partial charge in [0.25, 0.3) is 11.1 Å². The third-order valence-electron chi connectivity index (χ3n) is 3.15. The van der Waals surface area contributed by atoms with Crippen LogP contribution in [-0.2, 0) is 9.59 Å². The third kappa shape index (κ3) is 3.46. The number of amides is 2. The standard InChI is InChI=1S/C15H15NO7S/c1-21-9-4-8(5-10(22-2)13(9)23-3)6-11-14(19)16(7-12(17)18)15(20)24-11/h4-6H,7H2,1-3H3,(H,17,18)/b11-6-. The molecule has 0 spiro atoms. The van der Waals surface area contributed by atoms with Gasteiger partial charge in [-0.15, -0.1) is 0 Å². The van der Waals surface area contributed by atoms with Crippen LogP contribution >= 0.6 is 11.8 Å². The number of imide groups is 1. The van der Waals surface area contributed by atoms with Crippen molar-refractivity contribution < 1.29 is 33.7 Å². The van der Waals surface area contributed by atoms with Gasteiger partial charge in [-0.3, -0.25) is 19.3 Å². The van der Waals surface area contributed by atoms with Crippen LogP contribution < -0.4 is 14.2 Å². The Hall–Kier alpha value is -2.68. The summed E-state index contributed by atoms with van der Waals surface area (Å²) in [6.45, 7) is -0.669. The second-order valence-corrected chi connectivity index (χ2v) is 5.61. The Bertz CT molecular complexity index is 704. The van der Waals surface area contributed by atoms with Crippen LogP contribution in [0.2, 0.25) is 0 Å². The summed E-state index contributed by atoms with van der Waals surface area (Å²) in [4.78, 5) is 35.4. The van der Waals surface area contributed by atoms with Gasteiger partial charge in [0.2, 0.25) is 5.75 Å². The first-order valence-electron chi connectivity index (χ1n) is 6.68. The maximum atomic E-state index is 12.2. The van der Waals surface area contributed by atoms with E-state index in [1.54, 1.807) is 12.1 Å². The molecule has 9 heteroatoms. The van der Waals surface area contributed by atoms with E-state index in [1.165, 1.54) is 27.4 Å². The molecule has 2 rings (SSSR count). The van der Waals surface area contributed by atoms with Crippen LogP contribution in [0.3, 0.4) is 0 Å². The molecule has 0 aliphatic carbocycles. The normalized spacial score (nSPS) is 15.8. The molecule has 0 aromatic heterocycles. The van der Waals surface area contributed by atoms with Crippen LogP contribution in [-0.4, -0.2) is 55.0 Å². The van der Waals surface area contributed by atoms with Gasteiger partial charge in [-0.05, 0) is 35.5 Å². The van der Waals surface area contributed by atoms with Crippen molar-refractivity contribution in [1.82, 2.24) is 4.90 Å². The zero-order valence-corrected chi connectivity index (χ0v) is 14.0. The number of aliphatic carboxylic acids is 1. The summed E-state index contributed by atoms with van der Waals surface area (Å²) in [5.41, 5.74) is 0.547. The molecule has 1 fully saturated rings. The van der Waals surface area contributed by atoms with Crippen molar-refractivity contribution in [2.45, 2.75) is 0 Å². The molecule has 1 aromatic carbocycles. The fourth-order valence-electron chi connectivity index (χ4n) is 2.11. The second kappa shape index (κ2) is 7.26. The molecule has 1 aliphatic heterocycles. The molecule has 1 saturated heterocycles. The highest BCUT2D eigenvalue weighted by Gasteiger charge is 2.36. The van der Waals surface area contributed by atoms with Gasteiger partial charge in [0.15, 0.2) is 11.5 Å². The Balaban J connectivity index is 2.39. The van der Waals surface area contributed by atoms with Crippen LogP contribution in [0.4, 0.5) is 4.79 Å². The lowest BCUT2D eigenvalue weighted by molar-refractivity contribution is -0.140. The molecule has 8 nitrogen and oxygen atoms in total. The largest absolute Gasteiger partial charge is 0.493 e. The lowest BCUT2D eigenvalue weighted by Crippen LogP contribution is -2.33. The number of carbonyl (C=O) groups is 3. The van der Waals surface area contributed by atoms with Crippen molar-refractivity contribution in [1.29, 1.82) is 0 Å². The fraction of sp³-hybridized carbons (Fsp3) is 0.267. The van der Waals surface area contributed by atoms with Gasteiger partial charge in [0.05, 0.1) is 26.2 Å². The zero-order valence-electron chi connectivity index (χ0n) is 13.2. The molecule has 0 bridgehead atoms. The van der Waals surface area contributed by atoms with Crippen molar-refractivity contribution in [3.8, 4) is 17.2 Å². The highest BCUT2D eigenvalue weighted by molar-refractivity contribution is 8.18. The number of rotatable bonds is 6. The first-order chi connectivity index (χ1) is 11.4. The summed E-state index contributed by atoms with van der Waals surface area (Å²) in [6.07, 6.45) is 1.47. The van der Waals surface area contributed by atoms with Gasteiger partial charge in [-0.1, -0.05) is 0 Å². The summed E-state index contributed by atoms with van der Waals surface area (Å²) in [7, 11) is 4.39. The monoisotopic (exact) mass is 353 g/mol. The molecule has 0 saturated carbocycles. The minimum atomic E-state index is -1.26.